The molecule has 9 nitrogen and oxygen atoms in total. The highest BCUT2D eigenvalue weighted by molar-refractivity contribution is 5.91. The van der Waals surface area contributed by atoms with Crippen LogP contribution in [0.25, 0.3) is 0 Å². The van der Waals surface area contributed by atoms with E-state index in [4.69, 9.17) is 18.9 Å². The molecule has 11 atom stereocenters. The molecule has 6 fully saturated rings. The van der Waals surface area contributed by atoms with Crippen LogP contribution in [0.15, 0.2) is 0 Å². The van der Waals surface area contributed by atoms with Crippen molar-refractivity contribution in [3.05, 3.63) is 0 Å². The summed E-state index contributed by atoms with van der Waals surface area (Å²) < 4.78 is 23.2. The SMILES string of the molecule is C.C[C@@H]1C(O)OC2CC34C5C[C@@H](C(C)(C)C)C36[C@@H](OC(=O)[C@@H]6O)O[C@@]4(C(=O)O5)[C@]21O. The van der Waals surface area contributed by atoms with Gasteiger partial charge in [0.2, 0.25) is 11.9 Å². The van der Waals surface area contributed by atoms with Gasteiger partial charge in [0.25, 0.3) is 0 Å². The average Bonchev–Trinajstić information content (AvgIpc) is 3.31. The molecule has 0 aromatic heterocycles. The Hall–Kier alpha value is -1.26. The second-order valence-corrected chi connectivity index (χ2v) is 10.8. The van der Waals surface area contributed by atoms with Gasteiger partial charge in [0.1, 0.15) is 11.7 Å². The van der Waals surface area contributed by atoms with Crippen molar-refractivity contribution in [1.29, 1.82) is 0 Å². The van der Waals surface area contributed by atoms with Gasteiger partial charge in [-0.25, -0.2) is 9.59 Å². The number of hydrogen-bond donors (Lipinski definition) is 3. The summed E-state index contributed by atoms with van der Waals surface area (Å²) in [4.78, 5) is 25.9. The molecular formula is C21H30O9. The number of ether oxygens (including phenoxy) is 4. The van der Waals surface area contributed by atoms with Crippen LogP contribution >= 0.6 is 0 Å². The molecule has 4 saturated heterocycles. The lowest BCUT2D eigenvalue weighted by Gasteiger charge is -2.46. The number of aliphatic hydroxyl groups is 3. The summed E-state index contributed by atoms with van der Waals surface area (Å²) in [6.45, 7) is 7.62. The number of carbonyl (C=O) groups is 2. The maximum Gasteiger partial charge on any atom is 0.342 e. The molecule has 3 N–H and O–H groups in total. The van der Waals surface area contributed by atoms with E-state index in [2.05, 4.69) is 0 Å². The minimum absolute atomic E-state index is 0. The number of carbonyl (C=O) groups excluding carboxylic acids is 2. The molecule has 4 aliphatic heterocycles. The van der Waals surface area contributed by atoms with E-state index in [-0.39, 0.29) is 25.2 Å². The first-order valence-electron chi connectivity index (χ1n) is 10.2. The quantitative estimate of drug-likeness (QED) is 0.461. The lowest BCUT2D eigenvalue weighted by Crippen LogP contribution is -2.66. The molecule has 6 aliphatic rings. The molecule has 6 rings (SSSR count). The van der Waals surface area contributed by atoms with E-state index in [1.807, 2.05) is 20.8 Å². The number of aliphatic hydroxyl groups excluding tert-OH is 2. The van der Waals surface area contributed by atoms with Crippen LogP contribution in [-0.4, -0.2) is 69.4 Å². The minimum Gasteiger partial charge on any atom is -0.459 e. The topological polar surface area (TPSA) is 132 Å². The van der Waals surface area contributed by atoms with E-state index in [1.165, 1.54) is 0 Å². The lowest BCUT2D eigenvalue weighted by molar-refractivity contribution is -0.238. The normalized spacial score (nSPS) is 59.9. The van der Waals surface area contributed by atoms with Crippen molar-refractivity contribution in [2.24, 2.45) is 28.1 Å². The van der Waals surface area contributed by atoms with Gasteiger partial charge in [-0.05, 0) is 24.2 Å². The fourth-order valence-electron chi connectivity index (χ4n) is 8.19. The molecule has 30 heavy (non-hydrogen) atoms. The molecule has 0 bridgehead atoms. The Balaban J connectivity index is 0.00000193. The van der Waals surface area contributed by atoms with E-state index in [9.17, 15) is 24.9 Å². The largest absolute Gasteiger partial charge is 0.459 e. The van der Waals surface area contributed by atoms with Gasteiger partial charge in [-0.2, -0.15) is 0 Å². The second kappa shape index (κ2) is 5.20. The van der Waals surface area contributed by atoms with Gasteiger partial charge in [-0.1, -0.05) is 35.1 Å². The lowest BCUT2D eigenvalue weighted by atomic mass is 9.51. The Labute approximate surface area is 174 Å². The molecule has 2 aliphatic carbocycles. The van der Waals surface area contributed by atoms with Crippen molar-refractivity contribution >= 4 is 11.9 Å². The van der Waals surface area contributed by atoms with Crippen LogP contribution in [-0.2, 0) is 28.5 Å². The van der Waals surface area contributed by atoms with E-state index in [1.54, 1.807) is 6.92 Å². The average molecular weight is 426 g/mol. The summed E-state index contributed by atoms with van der Waals surface area (Å²) >= 11 is 0. The molecule has 0 aromatic carbocycles. The zero-order valence-corrected chi connectivity index (χ0v) is 16.7. The van der Waals surface area contributed by atoms with Gasteiger partial charge in [0.05, 0.1) is 16.9 Å². The third kappa shape index (κ3) is 1.53. The zero-order valence-electron chi connectivity index (χ0n) is 16.7. The van der Waals surface area contributed by atoms with Gasteiger partial charge >= 0.3 is 11.9 Å². The predicted molar refractivity (Wildman–Crippen MR) is 98.4 cm³/mol. The third-order valence-corrected chi connectivity index (χ3v) is 9.12. The predicted octanol–water partition coefficient (Wildman–Crippen LogP) is 0.0876. The highest BCUT2D eigenvalue weighted by atomic mass is 16.8. The van der Waals surface area contributed by atoms with Gasteiger partial charge in [0, 0.05) is 5.92 Å². The Morgan fingerprint density at radius 1 is 1.10 bits per heavy atom. The highest BCUT2D eigenvalue weighted by Crippen LogP contribution is 2.84. The summed E-state index contributed by atoms with van der Waals surface area (Å²) in [5.74, 6) is -2.63. The first kappa shape index (κ1) is 20.6. The molecule has 2 saturated carbocycles. The molecule has 4 heterocycles. The monoisotopic (exact) mass is 426 g/mol. The molecule has 9 heteroatoms. The fraction of sp³-hybridized carbons (Fsp3) is 0.905. The molecule has 168 valence electrons. The minimum atomic E-state index is -1.88. The zero-order chi connectivity index (χ0) is 20.9. The van der Waals surface area contributed by atoms with Crippen molar-refractivity contribution in [3.63, 3.8) is 0 Å². The molecule has 0 amide bonds. The third-order valence-electron chi connectivity index (χ3n) is 9.12. The first-order chi connectivity index (χ1) is 13.4. The Bertz CT molecular complexity index is 852. The van der Waals surface area contributed by atoms with Crippen molar-refractivity contribution in [2.75, 3.05) is 0 Å². The van der Waals surface area contributed by atoms with Crippen LogP contribution in [0, 0.1) is 28.1 Å². The van der Waals surface area contributed by atoms with Gasteiger partial charge in [-0.15, -0.1) is 0 Å². The van der Waals surface area contributed by atoms with E-state index in [0.717, 1.165) is 0 Å². The van der Waals surface area contributed by atoms with E-state index < -0.39 is 70.8 Å². The van der Waals surface area contributed by atoms with E-state index >= 15 is 0 Å². The van der Waals surface area contributed by atoms with Gasteiger partial charge in [-0.3, -0.25) is 0 Å². The number of hydrogen-bond acceptors (Lipinski definition) is 9. The maximum atomic E-state index is 13.3. The van der Waals surface area contributed by atoms with Crippen molar-refractivity contribution < 1.29 is 43.9 Å². The number of fused-ring (bicyclic) bond motifs is 1. The summed E-state index contributed by atoms with van der Waals surface area (Å²) in [6, 6.07) is 0. The summed E-state index contributed by atoms with van der Waals surface area (Å²) in [7, 11) is 0. The molecule has 2 spiro atoms. The maximum absolute atomic E-state index is 13.3. The first-order valence-corrected chi connectivity index (χ1v) is 10.2. The van der Waals surface area contributed by atoms with Crippen LogP contribution in [0.5, 0.6) is 0 Å². The van der Waals surface area contributed by atoms with Crippen molar-refractivity contribution in [3.8, 4) is 0 Å². The number of esters is 2. The Morgan fingerprint density at radius 3 is 2.40 bits per heavy atom. The van der Waals surface area contributed by atoms with Gasteiger partial charge in [0.15, 0.2) is 12.4 Å². The van der Waals surface area contributed by atoms with Gasteiger partial charge < -0.3 is 34.3 Å². The molecule has 0 radical (unpaired) electrons. The van der Waals surface area contributed by atoms with Crippen LogP contribution in [0.1, 0.15) is 48.0 Å². The van der Waals surface area contributed by atoms with Crippen LogP contribution < -0.4 is 0 Å². The smallest absolute Gasteiger partial charge is 0.342 e. The summed E-state index contributed by atoms with van der Waals surface area (Å²) in [6.07, 6.45) is -4.96. The van der Waals surface area contributed by atoms with Crippen molar-refractivity contribution in [2.45, 2.75) is 90.1 Å². The summed E-state index contributed by atoms with van der Waals surface area (Å²) in [5, 5.41) is 33.4. The van der Waals surface area contributed by atoms with Crippen molar-refractivity contribution in [1.82, 2.24) is 0 Å². The van der Waals surface area contributed by atoms with Crippen LogP contribution in [0.4, 0.5) is 0 Å². The number of rotatable bonds is 0. The molecule has 0 aromatic rings. The van der Waals surface area contributed by atoms with Crippen LogP contribution in [0.3, 0.4) is 0 Å². The highest BCUT2D eigenvalue weighted by Gasteiger charge is 3.00. The summed E-state index contributed by atoms with van der Waals surface area (Å²) in [5.41, 5.74) is -6.57. The standard InChI is InChI=1S/C20H26O9.CH4/c1-7-12(22)26-10-6-17-9-5-8(16(2,3)4)18(17)11(21)13(23)28-15(18)29-20(17,14(24)27-9)19(7,10)25;/h7-12,15,21-22,25H,5-6H2,1-4H3;1H4/t7-,8+,9?,10?,11+,12?,15+,17?,18?,19-,20-;/m1./s1. The van der Waals surface area contributed by atoms with Crippen LogP contribution in [0.2, 0.25) is 0 Å². The Kier molecular flexibility index (Phi) is 3.58. The van der Waals surface area contributed by atoms with E-state index in [0.29, 0.717) is 6.42 Å². The second-order valence-electron chi connectivity index (χ2n) is 10.8. The molecular weight excluding hydrogens is 396 g/mol. The molecule has 5 unspecified atom stereocenters. The Morgan fingerprint density at radius 2 is 1.77 bits per heavy atom. The fourth-order valence-corrected chi connectivity index (χ4v) is 8.19.